The molecule has 0 aromatic carbocycles. The summed E-state index contributed by atoms with van der Waals surface area (Å²) >= 11 is 0. The summed E-state index contributed by atoms with van der Waals surface area (Å²) in [5.41, 5.74) is -0.153. The molecule has 2 saturated carbocycles. The molecule has 5 atom stereocenters. The second kappa shape index (κ2) is 6.34. The van der Waals surface area contributed by atoms with Crippen molar-refractivity contribution in [2.24, 2.45) is 46.3 Å². The third-order valence-corrected chi connectivity index (χ3v) is 6.93. The molecule has 0 aliphatic heterocycles. The highest BCUT2D eigenvalue weighted by atomic mass is 16.4. The first-order chi connectivity index (χ1) is 10.9. The lowest BCUT2D eigenvalue weighted by atomic mass is 9.65. The van der Waals surface area contributed by atoms with Crippen molar-refractivity contribution in [2.75, 3.05) is 0 Å². The molecule has 2 fully saturated rings. The molecule has 2 aliphatic rings. The molecule has 24 heavy (non-hydrogen) atoms. The smallest absolute Gasteiger partial charge is 0.307 e. The van der Waals surface area contributed by atoms with Crippen molar-refractivity contribution in [1.82, 2.24) is 0 Å². The minimum absolute atomic E-state index is 0.0190. The van der Waals surface area contributed by atoms with Crippen molar-refractivity contribution in [3.05, 3.63) is 0 Å². The quantitative estimate of drug-likeness (QED) is 0.746. The summed E-state index contributed by atoms with van der Waals surface area (Å²) in [6.07, 6.45) is 3.67. The molecule has 4 heteroatoms. The second-order valence-electron chi connectivity index (χ2n) is 9.84. The zero-order valence-corrected chi connectivity index (χ0v) is 16.0. The molecule has 0 bridgehead atoms. The van der Waals surface area contributed by atoms with Gasteiger partial charge in [-0.25, -0.2) is 0 Å². The normalized spacial score (nSPS) is 35.7. The van der Waals surface area contributed by atoms with E-state index in [9.17, 15) is 19.8 Å². The Labute approximate surface area is 146 Å². The molecule has 2 rings (SSSR count). The van der Waals surface area contributed by atoms with Crippen LogP contribution in [0.3, 0.4) is 0 Å². The predicted octanol–water partition coefficient (Wildman–Crippen LogP) is 4.53. The third-order valence-electron chi connectivity index (χ3n) is 6.93. The van der Waals surface area contributed by atoms with Crippen molar-refractivity contribution in [3.8, 4) is 0 Å². The second-order valence-corrected chi connectivity index (χ2v) is 9.84. The monoisotopic (exact) mass is 338 g/mol. The van der Waals surface area contributed by atoms with Gasteiger partial charge < -0.3 is 10.2 Å². The van der Waals surface area contributed by atoms with Crippen molar-refractivity contribution in [3.63, 3.8) is 0 Å². The van der Waals surface area contributed by atoms with Crippen molar-refractivity contribution in [1.29, 1.82) is 0 Å². The fourth-order valence-corrected chi connectivity index (χ4v) is 5.95. The van der Waals surface area contributed by atoms with E-state index in [1.54, 1.807) is 0 Å². The lowest BCUT2D eigenvalue weighted by Crippen LogP contribution is -2.35. The van der Waals surface area contributed by atoms with Gasteiger partial charge in [0.05, 0.1) is 11.8 Å². The minimum atomic E-state index is -0.673. The fourth-order valence-electron chi connectivity index (χ4n) is 5.95. The average molecular weight is 338 g/mol. The molecule has 0 spiro atoms. The Morgan fingerprint density at radius 3 is 2.12 bits per heavy atom. The largest absolute Gasteiger partial charge is 0.481 e. The van der Waals surface area contributed by atoms with E-state index in [0.29, 0.717) is 11.8 Å². The van der Waals surface area contributed by atoms with E-state index < -0.39 is 11.9 Å². The number of carboxylic acids is 2. The fraction of sp³-hybridized carbons (Fsp3) is 0.900. The number of aliphatic carboxylic acids is 2. The van der Waals surface area contributed by atoms with E-state index in [4.69, 9.17) is 0 Å². The number of hydrogen-bond acceptors (Lipinski definition) is 2. The van der Waals surface area contributed by atoms with Crippen LogP contribution in [0.4, 0.5) is 0 Å². The highest BCUT2D eigenvalue weighted by Crippen LogP contribution is 2.67. The zero-order valence-electron chi connectivity index (χ0n) is 16.0. The Kier molecular flexibility index (Phi) is 5.09. The van der Waals surface area contributed by atoms with Gasteiger partial charge in [0.1, 0.15) is 0 Å². The minimum Gasteiger partial charge on any atom is -0.481 e. The molecule has 4 nitrogen and oxygen atoms in total. The molecule has 0 aromatic rings. The molecule has 0 aromatic heterocycles. The Bertz CT molecular complexity index is 506. The van der Waals surface area contributed by atoms with E-state index in [1.165, 1.54) is 0 Å². The van der Waals surface area contributed by atoms with Gasteiger partial charge in [-0.1, -0.05) is 41.5 Å². The van der Waals surface area contributed by atoms with Crippen LogP contribution in [0.1, 0.15) is 67.2 Å². The summed E-state index contributed by atoms with van der Waals surface area (Å²) in [6.45, 7) is 12.8. The molecular formula is C20H34O4. The predicted molar refractivity (Wildman–Crippen MR) is 93.6 cm³/mol. The molecule has 0 saturated heterocycles. The summed E-state index contributed by atoms with van der Waals surface area (Å²) in [4.78, 5) is 23.0. The molecule has 138 valence electrons. The van der Waals surface area contributed by atoms with Gasteiger partial charge in [-0.2, -0.15) is 0 Å². The van der Waals surface area contributed by atoms with Crippen molar-refractivity contribution in [2.45, 2.75) is 67.2 Å². The summed E-state index contributed by atoms with van der Waals surface area (Å²) < 4.78 is 0. The summed E-state index contributed by atoms with van der Waals surface area (Å²) in [5, 5.41) is 18.9. The highest BCUT2D eigenvalue weighted by Gasteiger charge is 2.67. The molecule has 4 unspecified atom stereocenters. The highest BCUT2D eigenvalue weighted by molar-refractivity contribution is 5.75. The molecular weight excluding hydrogens is 304 g/mol. The van der Waals surface area contributed by atoms with E-state index in [2.05, 4.69) is 41.5 Å². The first-order valence-electron chi connectivity index (χ1n) is 9.35. The van der Waals surface area contributed by atoms with Crippen LogP contribution in [0, 0.1) is 46.3 Å². The van der Waals surface area contributed by atoms with E-state index in [-0.39, 0.29) is 34.5 Å². The van der Waals surface area contributed by atoms with Crippen LogP contribution in [0.5, 0.6) is 0 Å². The number of carbonyl (C=O) groups is 2. The van der Waals surface area contributed by atoms with Gasteiger partial charge in [0.15, 0.2) is 0 Å². The Morgan fingerprint density at radius 2 is 1.71 bits per heavy atom. The Balaban J connectivity index is 2.06. The SMILES string of the molecule is CC(C)[C@@H]1CC(CC(C)(C)C2C(C(=O)O)C2(C)C)CCC1C(=O)O. The molecule has 2 N–H and O–H groups in total. The molecule has 0 amide bonds. The number of hydrogen-bond donors (Lipinski definition) is 2. The van der Waals surface area contributed by atoms with E-state index >= 15 is 0 Å². The van der Waals surface area contributed by atoms with Crippen LogP contribution < -0.4 is 0 Å². The van der Waals surface area contributed by atoms with Crippen molar-refractivity contribution >= 4 is 11.9 Å². The van der Waals surface area contributed by atoms with Crippen molar-refractivity contribution < 1.29 is 19.8 Å². The van der Waals surface area contributed by atoms with Crippen LogP contribution in [-0.2, 0) is 9.59 Å². The number of carboxylic acid groups (broad SMARTS) is 2. The van der Waals surface area contributed by atoms with Gasteiger partial charge in [0.25, 0.3) is 0 Å². The van der Waals surface area contributed by atoms with E-state index in [1.807, 2.05) is 0 Å². The van der Waals surface area contributed by atoms with Gasteiger partial charge in [-0.15, -0.1) is 0 Å². The molecule has 0 radical (unpaired) electrons. The topological polar surface area (TPSA) is 74.6 Å². The maximum atomic E-state index is 11.5. The van der Waals surface area contributed by atoms with Crippen LogP contribution in [0.2, 0.25) is 0 Å². The van der Waals surface area contributed by atoms with Crippen LogP contribution >= 0.6 is 0 Å². The molecule has 2 aliphatic carbocycles. The average Bonchev–Trinajstić information content (AvgIpc) is 3.02. The van der Waals surface area contributed by atoms with Crippen LogP contribution in [0.15, 0.2) is 0 Å². The number of rotatable bonds is 6. The Hall–Kier alpha value is -1.06. The van der Waals surface area contributed by atoms with Gasteiger partial charge in [-0.05, 0) is 60.2 Å². The first kappa shape index (κ1) is 19.3. The van der Waals surface area contributed by atoms with E-state index in [0.717, 1.165) is 25.7 Å². The first-order valence-corrected chi connectivity index (χ1v) is 9.35. The van der Waals surface area contributed by atoms with Gasteiger partial charge in [0, 0.05) is 0 Å². The summed E-state index contributed by atoms with van der Waals surface area (Å²) in [6, 6.07) is 0. The van der Waals surface area contributed by atoms with Crippen LogP contribution in [0.25, 0.3) is 0 Å². The lowest BCUT2D eigenvalue weighted by Gasteiger charge is -2.40. The Morgan fingerprint density at radius 1 is 1.12 bits per heavy atom. The van der Waals surface area contributed by atoms with Gasteiger partial charge >= 0.3 is 11.9 Å². The third kappa shape index (κ3) is 3.48. The standard InChI is InChI=1S/C20H34O4/c1-11(2)14-9-12(7-8-13(14)17(21)22)10-19(3,4)16-15(18(23)24)20(16,5)6/h11-16H,7-10H2,1-6H3,(H,21,22)(H,23,24)/t12?,13?,14-,15?,16?/m0/s1. The maximum Gasteiger partial charge on any atom is 0.307 e. The zero-order chi connectivity index (χ0) is 18.4. The van der Waals surface area contributed by atoms with Crippen LogP contribution in [-0.4, -0.2) is 22.2 Å². The molecule has 0 heterocycles. The lowest BCUT2D eigenvalue weighted by molar-refractivity contribution is -0.146. The summed E-state index contributed by atoms with van der Waals surface area (Å²) in [7, 11) is 0. The van der Waals surface area contributed by atoms with Gasteiger partial charge in [0.2, 0.25) is 0 Å². The summed E-state index contributed by atoms with van der Waals surface area (Å²) in [5.74, 6) is -0.461. The maximum absolute atomic E-state index is 11.5. The van der Waals surface area contributed by atoms with Gasteiger partial charge in [-0.3, -0.25) is 9.59 Å².